The van der Waals surface area contributed by atoms with Crippen molar-refractivity contribution in [1.29, 1.82) is 0 Å². The summed E-state index contributed by atoms with van der Waals surface area (Å²) in [5.41, 5.74) is 0.554. The lowest BCUT2D eigenvalue weighted by Crippen LogP contribution is -2.40. The van der Waals surface area contributed by atoms with E-state index in [4.69, 9.17) is 0 Å². The van der Waals surface area contributed by atoms with Crippen molar-refractivity contribution < 1.29 is 31.2 Å². The number of aliphatic imine (C=N–C) groups is 2. The average Bonchev–Trinajstić information content (AvgIpc) is 3.30. The van der Waals surface area contributed by atoms with E-state index >= 15 is 0 Å². The Labute approximate surface area is 168 Å². The van der Waals surface area contributed by atoms with Crippen LogP contribution in [0.4, 0.5) is 23.7 Å². The van der Waals surface area contributed by atoms with Crippen LogP contribution in [0.2, 0.25) is 0 Å². The number of amides is 3. The highest BCUT2D eigenvalue weighted by Crippen LogP contribution is 2.34. The minimum Gasteiger partial charge on any atom is -0.304 e. The first kappa shape index (κ1) is 20.0. The van der Waals surface area contributed by atoms with E-state index in [0.29, 0.717) is 10.5 Å². The van der Waals surface area contributed by atoms with E-state index in [-0.39, 0.29) is 34.8 Å². The second-order valence-electron chi connectivity index (χ2n) is 6.52. The fraction of sp³-hybridized carbons (Fsp3) is 0.158. The molecule has 0 radical (unpaired) electrons. The number of carbonyl (C=O) groups excluding carboxylic acids is 2. The Bertz CT molecular complexity index is 1240. The highest BCUT2D eigenvalue weighted by molar-refractivity contribution is 8.08. The molecular formula is C19H12F3N3O4S. The number of alkyl halides is 3. The number of anilines is 1. The van der Waals surface area contributed by atoms with Crippen LogP contribution in [0.15, 0.2) is 63.4 Å². The molecule has 0 atom stereocenters. The zero-order valence-corrected chi connectivity index (χ0v) is 15.9. The quantitative estimate of drug-likeness (QED) is 0.725. The molecule has 2 heterocycles. The van der Waals surface area contributed by atoms with Gasteiger partial charge in [0, 0.05) is 17.8 Å². The zero-order valence-electron chi connectivity index (χ0n) is 15.0. The molecule has 0 unspecified atom stereocenters. The molecular weight excluding hydrogens is 423 g/mol. The van der Waals surface area contributed by atoms with Gasteiger partial charge in [-0.25, -0.2) is 13.2 Å². The summed E-state index contributed by atoms with van der Waals surface area (Å²) in [4.78, 5) is 30.8. The summed E-state index contributed by atoms with van der Waals surface area (Å²) in [6.45, 7) is -0.215. The Hall–Kier alpha value is -3.34. The van der Waals surface area contributed by atoms with E-state index in [1.807, 2.05) is 0 Å². The van der Waals surface area contributed by atoms with Gasteiger partial charge in [0.1, 0.15) is 5.71 Å². The highest BCUT2D eigenvalue weighted by atomic mass is 32.2. The number of carbonyl (C=O) groups is 2. The lowest BCUT2D eigenvalue weighted by molar-refractivity contribution is -0.170. The smallest absolute Gasteiger partial charge is 0.304 e. The number of hydrogen-bond donors (Lipinski definition) is 0. The summed E-state index contributed by atoms with van der Waals surface area (Å²) in [5, 5.41) is -0.528. The molecule has 0 N–H and O–H groups in total. The van der Waals surface area contributed by atoms with Crippen LogP contribution in [-0.4, -0.2) is 43.8 Å². The van der Waals surface area contributed by atoms with E-state index in [2.05, 4.69) is 9.98 Å². The molecule has 30 heavy (non-hydrogen) atoms. The summed E-state index contributed by atoms with van der Waals surface area (Å²) in [6, 6.07) is 10.6. The first-order valence-corrected chi connectivity index (χ1v) is 10.1. The number of sulfone groups is 1. The summed E-state index contributed by atoms with van der Waals surface area (Å²) in [7, 11) is -4.28. The Morgan fingerprint density at radius 2 is 1.73 bits per heavy atom. The molecule has 0 saturated carbocycles. The summed E-state index contributed by atoms with van der Waals surface area (Å²) < 4.78 is 64.5. The molecule has 0 saturated heterocycles. The molecule has 4 rings (SSSR count). The number of nitrogens with zero attached hydrogens (tertiary/aromatic N) is 3. The predicted octanol–water partition coefficient (Wildman–Crippen LogP) is 2.93. The molecule has 2 aromatic rings. The van der Waals surface area contributed by atoms with Gasteiger partial charge in [-0.15, -0.1) is 0 Å². The maximum atomic E-state index is 13.1. The van der Waals surface area contributed by atoms with E-state index < -0.39 is 33.0 Å². The van der Waals surface area contributed by atoms with Crippen LogP contribution in [0, 0.1) is 0 Å². The third kappa shape index (κ3) is 3.30. The first-order chi connectivity index (χ1) is 14.1. The molecule has 0 aliphatic carbocycles. The molecule has 154 valence electrons. The van der Waals surface area contributed by atoms with Crippen molar-refractivity contribution in [2.24, 2.45) is 9.98 Å². The number of fused-ring (bicyclic) bond motifs is 1. The summed E-state index contributed by atoms with van der Waals surface area (Å²) in [5.74, 6) is -2.01. The number of urea groups is 1. The average molecular weight is 435 g/mol. The van der Waals surface area contributed by atoms with E-state index in [0.717, 1.165) is 12.1 Å². The maximum absolute atomic E-state index is 13.1. The number of halogens is 3. The Morgan fingerprint density at radius 1 is 1.03 bits per heavy atom. The molecule has 2 aliphatic heterocycles. The van der Waals surface area contributed by atoms with Gasteiger partial charge in [0.2, 0.25) is 9.84 Å². The Kier molecular flexibility index (Phi) is 4.57. The topological polar surface area (TPSA) is 96.2 Å². The number of rotatable bonds is 2. The molecule has 2 aliphatic rings. The van der Waals surface area contributed by atoms with Crippen LogP contribution in [0.5, 0.6) is 0 Å². The zero-order chi connectivity index (χ0) is 21.7. The van der Waals surface area contributed by atoms with Crippen molar-refractivity contribution in [2.45, 2.75) is 17.5 Å². The van der Waals surface area contributed by atoms with Crippen LogP contribution in [0.25, 0.3) is 0 Å². The molecule has 2 aromatic carbocycles. The number of benzene rings is 2. The Morgan fingerprint density at radius 3 is 2.40 bits per heavy atom. The maximum Gasteiger partial charge on any atom is 0.471 e. The van der Waals surface area contributed by atoms with Crippen molar-refractivity contribution in [3.8, 4) is 0 Å². The van der Waals surface area contributed by atoms with E-state index in [1.54, 1.807) is 30.3 Å². The molecule has 0 spiro atoms. The second kappa shape index (κ2) is 6.87. The van der Waals surface area contributed by atoms with Crippen LogP contribution >= 0.6 is 0 Å². The van der Waals surface area contributed by atoms with Crippen LogP contribution < -0.4 is 4.90 Å². The lowest BCUT2D eigenvalue weighted by Gasteiger charge is -2.19. The van der Waals surface area contributed by atoms with Gasteiger partial charge in [0.25, 0.3) is 0 Å². The predicted molar refractivity (Wildman–Crippen MR) is 102 cm³/mol. The monoisotopic (exact) mass is 435 g/mol. The van der Waals surface area contributed by atoms with Crippen molar-refractivity contribution in [1.82, 2.24) is 0 Å². The van der Waals surface area contributed by atoms with Gasteiger partial charge >= 0.3 is 18.1 Å². The fourth-order valence-corrected chi connectivity index (χ4v) is 4.68. The highest BCUT2D eigenvalue weighted by Gasteiger charge is 2.45. The standard InChI is InChI=1S/C19H12F3N3O4S/c20-19(21,22)17(26)25-9-8-12-10-13(6-7-14(12)25)30(28,29)16-15(23-18(27)24-16)11-4-2-1-3-5-11/h1-7,10H,8-9H2. The van der Waals surface area contributed by atoms with Gasteiger partial charge in [0.05, 0.1) is 4.90 Å². The normalized spacial score (nSPS) is 16.4. The van der Waals surface area contributed by atoms with Crippen LogP contribution in [-0.2, 0) is 21.1 Å². The minimum absolute atomic E-state index is 0.00216. The summed E-state index contributed by atoms with van der Waals surface area (Å²) in [6.07, 6.45) is -4.97. The molecule has 7 nitrogen and oxygen atoms in total. The minimum atomic E-state index is -5.04. The molecule has 3 amide bonds. The van der Waals surface area contributed by atoms with Crippen molar-refractivity contribution in [2.75, 3.05) is 11.4 Å². The molecule has 0 bridgehead atoms. The van der Waals surface area contributed by atoms with Gasteiger partial charge in [-0.2, -0.15) is 23.2 Å². The van der Waals surface area contributed by atoms with E-state index in [1.165, 1.54) is 6.07 Å². The van der Waals surface area contributed by atoms with Gasteiger partial charge in [-0.05, 0) is 30.2 Å². The summed E-state index contributed by atoms with van der Waals surface area (Å²) >= 11 is 0. The van der Waals surface area contributed by atoms with Crippen LogP contribution in [0.3, 0.4) is 0 Å². The van der Waals surface area contributed by atoms with Gasteiger partial charge < -0.3 is 4.90 Å². The second-order valence-corrected chi connectivity index (χ2v) is 8.39. The van der Waals surface area contributed by atoms with Gasteiger partial charge in [0.15, 0.2) is 5.04 Å². The fourth-order valence-electron chi connectivity index (χ4n) is 3.30. The van der Waals surface area contributed by atoms with Crippen molar-refractivity contribution in [3.63, 3.8) is 0 Å². The lowest BCUT2D eigenvalue weighted by atomic mass is 10.1. The largest absolute Gasteiger partial charge is 0.471 e. The SMILES string of the molecule is O=C1N=C(c2ccccc2)C(S(=O)(=O)c2ccc3c(c2)CCN3C(=O)C(F)(F)F)=N1. The van der Waals surface area contributed by atoms with Crippen molar-refractivity contribution >= 4 is 38.2 Å². The third-order valence-electron chi connectivity index (χ3n) is 4.65. The Balaban J connectivity index is 1.72. The molecule has 11 heteroatoms. The van der Waals surface area contributed by atoms with E-state index in [9.17, 15) is 31.2 Å². The first-order valence-electron chi connectivity index (χ1n) is 8.63. The van der Waals surface area contributed by atoms with Gasteiger partial charge in [-0.3, -0.25) is 4.79 Å². The van der Waals surface area contributed by atoms with Crippen molar-refractivity contribution in [3.05, 3.63) is 59.7 Å². The van der Waals surface area contributed by atoms with Crippen LogP contribution in [0.1, 0.15) is 11.1 Å². The molecule has 0 aromatic heterocycles. The van der Waals surface area contributed by atoms with Gasteiger partial charge in [-0.1, -0.05) is 30.3 Å². The molecule has 0 fully saturated rings. The third-order valence-corrected chi connectivity index (χ3v) is 6.32. The number of hydrogen-bond acceptors (Lipinski definition) is 4.